The molecule has 5 heteroatoms. The Labute approximate surface area is 152 Å². The minimum Gasteiger partial charge on any atom is -0.497 e. The molecule has 0 unspecified atom stereocenters. The van der Waals surface area contributed by atoms with E-state index in [0.717, 1.165) is 0 Å². The van der Waals surface area contributed by atoms with Gasteiger partial charge in [0.25, 0.3) is 5.91 Å². The van der Waals surface area contributed by atoms with Crippen LogP contribution >= 0.6 is 0 Å². The molecule has 0 radical (unpaired) electrons. The number of anilines is 1. The van der Waals surface area contributed by atoms with Gasteiger partial charge in [-0.05, 0) is 24.3 Å². The molecule has 3 aromatic rings. The van der Waals surface area contributed by atoms with Crippen LogP contribution in [0.15, 0.2) is 72.8 Å². The van der Waals surface area contributed by atoms with E-state index >= 15 is 0 Å². The normalized spacial score (nSPS) is 10.1. The molecule has 0 spiro atoms. The molecular formula is C21H19NO4. The van der Waals surface area contributed by atoms with E-state index < -0.39 is 0 Å². The van der Waals surface area contributed by atoms with Crippen LogP contribution in [-0.2, 0) is 0 Å². The van der Waals surface area contributed by atoms with Crippen LogP contribution in [0, 0.1) is 0 Å². The number of rotatable bonds is 6. The maximum atomic E-state index is 12.8. The zero-order valence-electron chi connectivity index (χ0n) is 14.6. The number of hydrogen-bond donors (Lipinski definition) is 1. The molecule has 132 valence electrons. The van der Waals surface area contributed by atoms with Gasteiger partial charge in [0.2, 0.25) is 0 Å². The molecule has 0 saturated heterocycles. The first-order valence-corrected chi connectivity index (χ1v) is 8.06. The molecule has 0 aliphatic heterocycles. The standard InChI is InChI=1S/C21H19NO4/c1-24-17-12-15(13-18(14-17)25-2)22-21(23)19-10-6-7-11-20(19)26-16-8-4-3-5-9-16/h3-14H,1-2H3,(H,22,23). The number of carbonyl (C=O) groups is 1. The summed E-state index contributed by atoms with van der Waals surface area (Å²) in [5.41, 5.74) is 0.999. The molecule has 0 fully saturated rings. The van der Waals surface area contributed by atoms with Crippen molar-refractivity contribution in [2.75, 3.05) is 19.5 Å². The Bertz CT molecular complexity index is 871. The molecular weight excluding hydrogens is 330 g/mol. The molecule has 26 heavy (non-hydrogen) atoms. The number of para-hydroxylation sites is 2. The Morgan fingerprint density at radius 1 is 0.769 bits per heavy atom. The van der Waals surface area contributed by atoms with Crippen molar-refractivity contribution in [3.05, 3.63) is 78.4 Å². The third-order valence-corrected chi connectivity index (χ3v) is 3.71. The van der Waals surface area contributed by atoms with Crippen LogP contribution in [0.5, 0.6) is 23.0 Å². The summed E-state index contributed by atoms with van der Waals surface area (Å²) in [5, 5.41) is 2.85. The highest BCUT2D eigenvalue weighted by Crippen LogP contribution is 2.28. The lowest BCUT2D eigenvalue weighted by Gasteiger charge is -2.13. The third-order valence-electron chi connectivity index (χ3n) is 3.71. The Kier molecular flexibility index (Phi) is 5.39. The average molecular weight is 349 g/mol. The van der Waals surface area contributed by atoms with Gasteiger partial charge in [-0.15, -0.1) is 0 Å². The second-order valence-corrected chi connectivity index (χ2v) is 5.47. The number of carbonyl (C=O) groups excluding carboxylic acids is 1. The number of nitrogens with one attached hydrogen (secondary N) is 1. The zero-order valence-corrected chi connectivity index (χ0v) is 14.6. The summed E-state index contributed by atoms with van der Waals surface area (Å²) in [4.78, 5) is 12.8. The second kappa shape index (κ2) is 8.07. The highest BCUT2D eigenvalue weighted by atomic mass is 16.5. The van der Waals surface area contributed by atoms with Gasteiger partial charge in [0.05, 0.1) is 19.8 Å². The lowest BCUT2D eigenvalue weighted by atomic mass is 10.1. The van der Waals surface area contributed by atoms with Crippen molar-refractivity contribution in [2.24, 2.45) is 0 Å². The summed E-state index contributed by atoms with van der Waals surface area (Å²) in [6.45, 7) is 0. The van der Waals surface area contributed by atoms with Gasteiger partial charge in [-0.2, -0.15) is 0 Å². The fraction of sp³-hybridized carbons (Fsp3) is 0.0952. The van der Waals surface area contributed by atoms with Gasteiger partial charge in [0, 0.05) is 23.9 Å². The van der Waals surface area contributed by atoms with E-state index in [1.54, 1.807) is 50.6 Å². The minimum absolute atomic E-state index is 0.285. The first-order valence-electron chi connectivity index (χ1n) is 8.06. The molecule has 0 heterocycles. The molecule has 5 nitrogen and oxygen atoms in total. The van der Waals surface area contributed by atoms with E-state index in [9.17, 15) is 4.79 Å². The molecule has 0 aliphatic carbocycles. The monoisotopic (exact) mass is 349 g/mol. The highest BCUT2D eigenvalue weighted by Gasteiger charge is 2.14. The van der Waals surface area contributed by atoms with Crippen molar-refractivity contribution in [1.82, 2.24) is 0 Å². The molecule has 1 amide bonds. The molecule has 0 aliphatic rings. The third kappa shape index (κ3) is 4.13. The quantitative estimate of drug-likeness (QED) is 0.698. The summed E-state index contributed by atoms with van der Waals surface area (Å²) < 4.78 is 16.3. The molecule has 3 aromatic carbocycles. The van der Waals surface area contributed by atoms with Gasteiger partial charge >= 0.3 is 0 Å². The van der Waals surface area contributed by atoms with Crippen LogP contribution in [0.2, 0.25) is 0 Å². The fourth-order valence-corrected chi connectivity index (χ4v) is 2.44. The van der Waals surface area contributed by atoms with E-state index in [4.69, 9.17) is 14.2 Å². The number of amides is 1. The Balaban J connectivity index is 1.85. The van der Waals surface area contributed by atoms with E-state index in [0.29, 0.717) is 34.2 Å². The van der Waals surface area contributed by atoms with Crippen LogP contribution in [0.25, 0.3) is 0 Å². The van der Waals surface area contributed by atoms with Crippen molar-refractivity contribution >= 4 is 11.6 Å². The van der Waals surface area contributed by atoms with Crippen molar-refractivity contribution in [3.63, 3.8) is 0 Å². The molecule has 3 rings (SSSR count). The first-order chi connectivity index (χ1) is 12.7. The second-order valence-electron chi connectivity index (χ2n) is 5.47. The maximum absolute atomic E-state index is 12.8. The van der Waals surface area contributed by atoms with Crippen molar-refractivity contribution < 1.29 is 19.0 Å². The maximum Gasteiger partial charge on any atom is 0.259 e. The zero-order chi connectivity index (χ0) is 18.4. The van der Waals surface area contributed by atoms with Gasteiger partial charge < -0.3 is 19.5 Å². The van der Waals surface area contributed by atoms with Gasteiger partial charge in [0.15, 0.2) is 0 Å². The summed E-state index contributed by atoms with van der Waals surface area (Å²) in [7, 11) is 3.12. The summed E-state index contributed by atoms with van der Waals surface area (Å²) in [6.07, 6.45) is 0. The Morgan fingerprint density at radius 2 is 1.38 bits per heavy atom. The van der Waals surface area contributed by atoms with Gasteiger partial charge in [-0.25, -0.2) is 0 Å². The van der Waals surface area contributed by atoms with E-state index in [2.05, 4.69) is 5.32 Å². The van der Waals surface area contributed by atoms with Gasteiger partial charge in [-0.1, -0.05) is 30.3 Å². The molecule has 0 saturated carbocycles. The van der Waals surface area contributed by atoms with E-state index in [-0.39, 0.29) is 5.91 Å². The van der Waals surface area contributed by atoms with Crippen molar-refractivity contribution in [3.8, 4) is 23.0 Å². The molecule has 0 bridgehead atoms. The number of benzene rings is 3. The predicted octanol–water partition coefficient (Wildman–Crippen LogP) is 4.75. The van der Waals surface area contributed by atoms with Gasteiger partial charge in [0.1, 0.15) is 23.0 Å². The number of hydrogen-bond acceptors (Lipinski definition) is 4. The average Bonchev–Trinajstić information content (AvgIpc) is 2.68. The predicted molar refractivity (Wildman–Crippen MR) is 100 cm³/mol. The van der Waals surface area contributed by atoms with Crippen LogP contribution in [0.1, 0.15) is 10.4 Å². The van der Waals surface area contributed by atoms with Crippen LogP contribution in [-0.4, -0.2) is 20.1 Å². The molecule has 0 aromatic heterocycles. The summed E-state index contributed by atoms with van der Waals surface area (Å²) in [5.74, 6) is 2.04. The lowest BCUT2D eigenvalue weighted by Crippen LogP contribution is -2.13. The Morgan fingerprint density at radius 3 is 2.04 bits per heavy atom. The van der Waals surface area contributed by atoms with Crippen molar-refractivity contribution in [2.45, 2.75) is 0 Å². The van der Waals surface area contributed by atoms with E-state index in [1.807, 2.05) is 36.4 Å². The van der Waals surface area contributed by atoms with Crippen LogP contribution < -0.4 is 19.5 Å². The summed E-state index contributed by atoms with van der Waals surface area (Å²) >= 11 is 0. The molecule has 0 atom stereocenters. The fourth-order valence-electron chi connectivity index (χ4n) is 2.44. The van der Waals surface area contributed by atoms with E-state index in [1.165, 1.54) is 0 Å². The SMILES string of the molecule is COc1cc(NC(=O)c2ccccc2Oc2ccccc2)cc(OC)c1. The first kappa shape index (κ1) is 17.4. The minimum atomic E-state index is -0.285. The van der Waals surface area contributed by atoms with Crippen molar-refractivity contribution in [1.29, 1.82) is 0 Å². The lowest BCUT2D eigenvalue weighted by molar-refractivity contribution is 0.102. The smallest absolute Gasteiger partial charge is 0.259 e. The van der Waals surface area contributed by atoms with Crippen LogP contribution in [0.4, 0.5) is 5.69 Å². The largest absolute Gasteiger partial charge is 0.497 e. The Hall–Kier alpha value is -3.47. The highest BCUT2D eigenvalue weighted by molar-refractivity contribution is 6.06. The van der Waals surface area contributed by atoms with Crippen LogP contribution in [0.3, 0.4) is 0 Å². The topological polar surface area (TPSA) is 56.8 Å². The number of ether oxygens (including phenoxy) is 3. The van der Waals surface area contributed by atoms with Gasteiger partial charge in [-0.3, -0.25) is 4.79 Å². The number of methoxy groups -OCH3 is 2. The molecule has 1 N–H and O–H groups in total. The summed E-state index contributed by atoms with van der Waals surface area (Å²) in [6, 6.07) is 21.6.